The first-order valence-electron chi connectivity index (χ1n) is 4.54. The van der Waals surface area contributed by atoms with Crippen LogP contribution in [0.25, 0.3) is 0 Å². The van der Waals surface area contributed by atoms with Gasteiger partial charge in [0.15, 0.2) is 0 Å². The van der Waals surface area contributed by atoms with Crippen LogP contribution in [-0.2, 0) is 0 Å². The molecule has 4 nitrogen and oxygen atoms in total. The van der Waals surface area contributed by atoms with Crippen LogP contribution in [0.4, 0.5) is 0 Å². The second-order valence-electron chi connectivity index (χ2n) is 3.21. The minimum Gasteiger partial charge on any atom is -0.481 e. The van der Waals surface area contributed by atoms with Crippen LogP contribution in [0.2, 0.25) is 0 Å². The standard InChI is InChI=1S/C10H16N2O2/c1-7-3-8(9(4-11)6-13)5-12-10(7)14-2/h3,5,9,13H,4,6,11H2,1-2H3. The third-order valence-electron chi connectivity index (χ3n) is 2.22. The highest BCUT2D eigenvalue weighted by Gasteiger charge is 2.10. The molecule has 0 amide bonds. The lowest BCUT2D eigenvalue weighted by molar-refractivity contribution is 0.267. The number of aliphatic hydroxyl groups excluding tert-OH is 1. The average Bonchev–Trinajstić information content (AvgIpc) is 2.20. The summed E-state index contributed by atoms with van der Waals surface area (Å²) in [6, 6.07) is 1.94. The molecule has 1 heterocycles. The second kappa shape index (κ2) is 4.93. The molecule has 0 spiro atoms. The number of ether oxygens (including phenoxy) is 1. The van der Waals surface area contributed by atoms with Crippen LogP contribution < -0.4 is 10.5 Å². The predicted molar refractivity (Wildman–Crippen MR) is 54.4 cm³/mol. The van der Waals surface area contributed by atoms with Gasteiger partial charge in [0.05, 0.1) is 13.7 Å². The molecule has 0 saturated heterocycles. The van der Waals surface area contributed by atoms with Gasteiger partial charge < -0.3 is 15.6 Å². The topological polar surface area (TPSA) is 68.4 Å². The summed E-state index contributed by atoms with van der Waals surface area (Å²) in [5.74, 6) is 0.578. The largest absolute Gasteiger partial charge is 0.481 e. The van der Waals surface area contributed by atoms with Crippen LogP contribution >= 0.6 is 0 Å². The zero-order chi connectivity index (χ0) is 10.6. The van der Waals surface area contributed by atoms with Crippen LogP contribution in [0.1, 0.15) is 17.0 Å². The van der Waals surface area contributed by atoms with Gasteiger partial charge in [-0.05, 0) is 18.6 Å². The first-order valence-corrected chi connectivity index (χ1v) is 4.54. The van der Waals surface area contributed by atoms with Crippen molar-refractivity contribution in [1.29, 1.82) is 0 Å². The van der Waals surface area contributed by atoms with Gasteiger partial charge in [-0.25, -0.2) is 4.98 Å². The summed E-state index contributed by atoms with van der Waals surface area (Å²) in [4.78, 5) is 4.12. The molecule has 0 aliphatic carbocycles. The quantitative estimate of drug-likeness (QED) is 0.733. The summed E-state index contributed by atoms with van der Waals surface area (Å²) >= 11 is 0. The molecule has 0 bridgehead atoms. The highest BCUT2D eigenvalue weighted by Crippen LogP contribution is 2.19. The Labute approximate surface area is 83.7 Å². The molecule has 14 heavy (non-hydrogen) atoms. The Balaban J connectivity index is 2.95. The van der Waals surface area contributed by atoms with E-state index in [0.29, 0.717) is 12.4 Å². The van der Waals surface area contributed by atoms with Crippen molar-refractivity contribution in [3.8, 4) is 5.88 Å². The number of nitrogens with zero attached hydrogens (tertiary/aromatic N) is 1. The van der Waals surface area contributed by atoms with E-state index in [4.69, 9.17) is 15.6 Å². The fraction of sp³-hybridized carbons (Fsp3) is 0.500. The van der Waals surface area contributed by atoms with Crippen molar-refractivity contribution in [3.63, 3.8) is 0 Å². The Hall–Kier alpha value is -1.13. The van der Waals surface area contributed by atoms with E-state index in [2.05, 4.69) is 4.98 Å². The maximum atomic E-state index is 9.06. The Morgan fingerprint density at radius 2 is 2.36 bits per heavy atom. The van der Waals surface area contributed by atoms with Gasteiger partial charge in [0.1, 0.15) is 0 Å². The fourth-order valence-electron chi connectivity index (χ4n) is 1.34. The molecule has 0 radical (unpaired) electrons. The molecule has 1 atom stereocenters. The van der Waals surface area contributed by atoms with Crippen molar-refractivity contribution in [3.05, 3.63) is 23.4 Å². The molecule has 0 saturated carbocycles. The number of aliphatic hydroxyl groups is 1. The molecule has 4 heteroatoms. The van der Waals surface area contributed by atoms with E-state index < -0.39 is 0 Å². The van der Waals surface area contributed by atoms with Gasteiger partial charge in [-0.2, -0.15) is 0 Å². The SMILES string of the molecule is COc1ncc(C(CN)CO)cc1C. The number of rotatable bonds is 4. The van der Waals surface area contributed by atoms with Crippen molar-refractivity contribution in [2.24, 2.45) is 5.73 Å². The fourth-order valence-corrected chi connectivity index (χ4v) is 1.34. The number of hydrogen-bond donors (Lipinski definition) is 2. The number of hydrogen-bond acceptors (Lipinski definition) is 4. The molecule has 1 aromatic heterocycles. The summed E-state index contributed by atoms with van der Waals surface area (Å²) in [6.45, 7) is 2.38. The molecular weight excluding hydrogens is 180 g/mol. The van der Waals surface area contributed by atoms with Gasteiger partial charge in [0.2, 0.25) is 5.88 Å². The smallest absolute Gasteiger partial charge is 0.215 e. The number of pyridine rings is 1. The minimum atomic E-state index is -0.0351. The molecule has 1 rings (SSSR count). The maximum Gasteiger partial charge on any atom is 0.215 e. The number of nitrogens with two attached hydrogens (primary N) is 1. The van der Waals surface area contributed by atoms with Crippen LogP contribution in [0.15, 0.2) is 12.3 Å². The van der Waals surface area contributed by atoms with Crippen LogP contribution in [0.3, 0.4) is 0 Å². The summed E-state index contributed by atoms with van der Waals surface area (Å²) in [5.41, 5.74) is 7.42. The van der Waals surface area contributed by atoms with E-state index in [1.165, 1.54) is 0 Å². The molecule has 1 unspecified atom stereocenters. The average molecular weight is 196 g/mol. The lowest BCUT2D eigenvalue weighted by Crippen LogP contribution is -2.16. The molecule has 0 fully saturated rings. The monoisotopic (exact) mass is 196 g/mol. The van der Waals surface area contributed by atoms with Gasteiger partial charge in [-0.15, -0.1) is 0 Å². The van der Waals surface area contributed by atoms with Crippen molar-refractivity contribution in [2.45, 2.75) is 12.8 Å². The van der Waals surface area contributed by atoms with E-state index in [1.807, 2.05) is 13.0 Å². The van der Waals surface area contributed by atoms with Gasteiger partial charge in [0, 0.05) is 24.2 Å². The van der Waals surface area contributed by atoms with Crippen LogP contribution in [0.5, 0.6) is 5.88 Å². The molecule has 1 aromatic rings. The molecule has 0 aliphatic rings. The molecular formula is C10H16N2O2. The Morgan fingerprint density at radius 1 is 1.64 bits per heavy atom. The van der Waals surface area contributed by atoms with E-state index in [9.17, 15) is 0 Å². The molecule has 3 N–H and O–H groups in total. The Bertz CT molecular complexity index is 298. The van der Waals surface area contributed by atoms with Crippen LogP contribution in [-0.4, -0.2) is 30.4 Å². The number of methoxy groups -OCH3 is 1. The van der Waals surface area contributed by atoms with Crippen molar-refractivity contribution in [1.82, 2.24) is 4.98 Å². The van der Waals surface area contributed by atoms with E-state index in [0.717, 1.165) is 11.1 Å². The lowest BCUT2D eigenvalue weighted by atomic mass is 10.0. The Morgan fingerprint density at radius 3 is 2.79 bits per heavy atom. The Kier molecular flexibility index (Phi) is 3.85. The summed E-state index contributed by atoms with van der Waals surface area (Å²) in [7, 11) is 1.58. The highest BCUT2D eigenvalue weighted by molar-refractivity contribution is 5.30. The maximum absolute atomic E-state index is 9.06. The molecule has 0 aliphatic heterocycles. The molecule has 78 valence electrons. The zero-order valence-corrected chi connectivity index (χ0v) is 8.53. The summed E-state index contributed by atoms with van der Waals surface area (Å²) in [6.07, 6.45) is 1.69. The third-order valence-corrected chi connectivity index (χ3v) is 2.22. The predicted octanol–water partition coefficient (Wildman–Crippen LogP) is 0.433. The first-order chi connectivity index (χ1) is 6.72. The number of aromatic nitrogens is 1. The lowest BCUT2D eigenvalue weighted by Gasteiger charge is -2.13. The number of aryl methyl sites for hydroxylation is 1. The van der Waals surface area contributed by atoms with Gasteiger partial charge >= 0.3 is 0 Å². The highest BCUT2D eigenvalue weighted by atomic mass is 16.5. The first kappa shape index (κ1) is 10.9. The third kappa shape index (κ3) is 2.21. The van der Waals surface area contributed by atoms with Crippen LogP contribution in [0, 0.1) is 6.92 Å². The zero-order valence-electron chi connectivity index (χ0n) is 8.53. The van der Waals surface area contributed by atoms with Gasteiger partial charge in [-0.1, -0.05) is 0 Å². The van der Waals surface area contributed by atoms with E-state index >= 15 is 0 Å². The summed E-state index contributed by atoms with van der Waals surface area (Å²) in [5, 5.41) is 9.06. The van der Waals surface area contributed by atoms with E-state index in [1.54, 1.807) is 13.3 Å². The van der Waals surface area contributed by atoms with Crippen molar-refractivity contribution >= 4 is 0 Å². The summed E-state index contributed by atoms with van der Waals surface area (Å²) < 4.78 is 5.04. The van der Waals surface area contributed by atoms with Crippen molar-refractivity contribution < 1.29 is 9.84 Å². The van der Waals surface area contributed by atoms with Gasteiger partial charge in [0.25, 0.3) is 0 Å². The van der Waals surface area contributed by atoms with Crippen molar-refractivity contribution in [2.75, 3.05) is 20.3 Å². The van der Waals surface area contributed by atoms with Gasteiger partial charge in [-0.3, -0.25) is 0 Å². The normalized spacial score (nSPS) is 12.6. The molecule has 0 aromatic carbocycles. The van der Waals surface area contributed by atoms with E-state index in [-0.39, 0.29) is 12.5 Å². The minimum absolute atomic E-state index is 0.0351. The second-order valence-corrected chi connectivity index (χ2v) is 3.21.